The predicted molar refractivity (Wildman–Crippen MR) is 72.3 cm³/mol. The fourth-order valence-corrected chi connectivity index (χ4v) is 2.26. The van der Waals surface area contributed by atoms with Crippen LogP contribution in [0.4, 0.5) is 0 Å². The summed E-state index contributed by atoms with van der Waals surface area (Å²) in [7, 11) is 0. The molecule has 1 amide bonds. The minimum Gasteiger partial charge on any atom is -0.492 e. The molecule has 0 saturated heterocycles. The van der Waals surface area contributed by atoms with E-state index in [1.54, 1.807) is 5.38 Å². The van der Waals surface area contributed by atoms with Crippen molar-refractivity contribution in [2.75, 3.05) is 12.5 Å². The lowest BCUT2D eigenvalue weighted by molar-refractivity contribution is 0.0996. The fraction of sp³-hybridized carbons (Fsp3) is 0.167. The highest BCUT2D eigenvalue weighted by atomic mass is 35.5. The number of carbonyl (C=O) groups is 1. The largest absolute Gasteiger partial charge is 0.492 e. The third kappa shape index (κ3) is 3.00. The number of thiazole rings is 1. The summed E-state index contributed by atoms with van der Waals surface area (Å²) in [5.74, 6) is 0.696. The van der Waals surface area contributed by atoms with Crippen LogP contribution in [-0.4, -0.2) is 23.4 Å². The van der Waals surface area contributed by atoms with E-state index in [0.29, 0.717) is 12.5 Å². The number of hydrogen-bond acceptors (Lipinski definition) is 4. The number of ether oxygens (including phenoxy) is 1. The first kappa shape index (κ1) is 12.9. The quantitative estimate of drug-likeness (QED) is 0.857. The molecule has 0 unspecified atom stereocenters. The van der Waals surface area contributed by atoms with Crippen LogP contribution in [0.2, 0.25) is 0 Å². The number of benzene rings is 1. The SMILES string of the molecule is NC(=O)c1csc(-c2ccc(OCCCl)cc2)n1. The number of nitrogens with zero attached hydrogens (tertiary/aromatic N) is 1. The first-order chi connectivity index (χ1) is 8.70. The molecule has 2 aromatic rings. The van der Waals surface area contributed by atoms with Crippen molar-refractivity contribution in [3.05, 3.63) is 35.3 Å². The lowest BCUT2D eigenvalue weighted by Gasteiger charge is -2.03. The van der Waals surface area contributed by atoms with Crippen molar-refractivity contribution in [2.24, 2.45) is 5.73 Å². The van der Waals surface area contributed by atoms with Crippen LogP contribution in [0.3, 0.4) is 0 Å². The monoisotopic (exact) mass is 282 g/mol. The molecule has 2 N–H and O–H groups in total. The minimum absolute atomic E-state index is 0.289. The molecular weight excluding hydrogens is 272 g/mol. The molecule has 4 nitrogen and oxygen atoms in total. The summed E-state index contributed by atoms with van der Waals surface area (Å²) < 4.78 is 5.37. The van der Waals surface area contributed by atoms with E-state index >= 15 is 0 Å². The summed E-state index contributed by atoms with van der Waals surface area (Å²) >= 11 is 6.91. The van der Waals surface area contributed by atoms with Gasteiger partial charge in [0.2, 0.25) is 0 Å². The van der Waals surface area contributed by atoms with Crippen molar-refractivity contribution in [2.45, 2.75) is 0 Å². The van der Waals surface area contributed by atoms with Gasteiger partial charge in [-0.3, -0.25) is 4.79 Å². The van der Waals surface area contributed by atoms with Crippen LogP contribution in [0.5, 0.6) is 5.75 Å². The lowest BCUT2D eigenvalue weighted by Crippen LogP contribution is -2.10. The number of halogens is 1. The number of nitrogens with two attached hydrogens (primary N) is 1. The molecule has 0 fully saturated rings. The van der Waals surface area contributed by atoms with Gasteiger partial charge in [0.05, 0.1) is 5.88 Å². The van der Waals surface area contributed by atoms with Crippen LogP contribution >= 0.6 is 22.9 Å². The van der Waals surface area contributed by atoms with E-state index in [9.17, 15) is 4.79 Å². The number of hydrogen-bond donors (Lipinski definition) is 1. The van der Waals surface area contributed by atoms with Gasteiger partial charge in [-0.25, -0.2) is 4.98 Å². The van der Waals surface area contributed by atoms with E-state index in [-0.39, 0.29) is 5.69 Å². The average molecular weight is 283 g/mol. The van der Waals surface area contributed by atoms with Crippen LogP contribution < -0.4 is 10.5 Å². The molecule has 0 aliphatic rings. The second-order valence-electron chi connectivity index (χ2n) is 3.46. The predicted octanol–water partition coefficient (Wildman–Crippen LogP) is 2.53. The highest BCUT2D eigenvalue weighted by Crippen LogP contribution is 2.25. The zero-order chi connectivity index (χ0) is 13.0. The van der Waals surface area contributed by atoms with Crippen LogP contribution in [0, 0.1) is 0 Å². The summed E-state index contributed by atoms with van der Waals surface area (Å²) in [6, 6.07) is 7.45. The van der Waals surface area contributed by atoms with E-state index in [0.717, 1.165) is 16.3 Å². The molecule has 0 saturated carbocycles. The summed E-state index contributed by atoms with van der Waals surface area (Å²) in [4.78, 5) is 15.1. The number of rotatable bonds is 5. The Kier molecular flexibility index (Phi) is 4.17. The maximum Gasteiger partial charge on any atom is 0.268 e. The second kappa shape index (κ2) is 5.84. The molecule has 1 aromatic carbocycles. The van der Waals surface area contributed by atoms with Crippen molar-refractivity contribution < 1.29 is 9.53 Å². The van der Waals surface area contributed by atoms with Gasteiger partial charge in [-0.2, -0.15) is 0 Å². The highest BCUT2D eigenvalue weighted by molar-refractivity contribution is 7.13. The Hall–Kier alpha value is -1.59. The van der Waals surface area contributed by atoms with Gasteiger partial charge in [-0.1, -0.05) is 0 Å². The summed E-state index contributed by atoms with van der Waals surface area (Å²) in [5.41, 5.74) is 6.37. The van der Waals surface area contributed by atoms with Gasteiger partial charge in [0.15, 0.2) is 0 Å². The number of primary amides is 1. The Morgan fingerprint density at radius 2 is 2.11 bits per heavy atom. The molecule has 0 spiro atoms. The second-order valence-corrected chi connectivity index (χ2v) is 4.70. The Labute approximate surface area is 113 Å². The summed E-state index contributed by atoms with van der Waals surface area (Å²) in [5, 5.41) is 2.41. The number of amides is 1. The Bertz CT molecular complexity index is 539. The zero-order valence-electron chi connectivity index (χ0n) is 9.43. The van der Waals surface area contributed by atoms with Crippen molar-refractivity contribution in [1.29, 1.82) is 0 Å². The van der Waals surface area contributed by atoms with Crippen LogP contribution in [0.25, 0.3) is 10.6 Å². The van der Waals surface area contributed by atoms with Crippen LogP contribution in [0.1, 0.15) is 10.5 Å². The van der Waals surface area contributed by atoms with Gasteiger partial charge >= 0.3 is 0 Å². The highest BCUT2D eigenvalue weighted by Gasteiger charge is 2.08. The molecule has 0 aliphatic carbocycles. The minimum atomic E-state index is -0.514. The van der Waals surface area contributed by atoms with Crippen molar-refractivity contribution >= 4 is 28.8 Å². The normalized spacial score (nSPS) is 10.3. The summed E-state index contributed by atoms with van der Waals surface area (Å²) in [6.07, 6.45) is 0. The molecular formula is C12H11ClN2O2S. The van der Waals surface area contributed by atoms with E-state index in [4.69, 9.17) is 22.1 Å². The van der Waals surface area contributed by atoms with Crippen LogP contribution in [0.15, 0.2) is 29.6 Å². The standard InChI is InChI=1S/C12H11ClN2O2S/c13-5-6-17-9-3-1-8(2-4-9)12-15-10(7-18-12)11(14)16/h1-4,7H,5-6H2,(H2,14,16). The number of carbonyl (C=O) groups excluding carboxylic acids is 1. The van der Waals surface area contributed by atoms with Crippen molar-refractivity contribution in [3.63, 3.8) is 0 Å². The molecule has 1 aromatic heterocycles. The third-order valence-corrected chi connectivity index (χ3v) is 3.25. The van der Waals surface area contributed by atoms with Crippen LogP contribution in [-0.2, 0) is 0 Å². The van der Waals surface area contributed by atoms with Gasteiger partial charge in [0.25, 0.3) is 5.91 Å². The summed E-state index contributed by atoms with van der Waals surface area (Å²) in [6.45, 7) is 0.476. The maximum atomic E-state index is 11.0. The van der Waals surface area contributed by atoms with Gasteiger partial charge in [-0.05, 0) is 24.3 Å². The fourth-order valence-electron chi connectivity index (χ4n) is 1.37. The lowest BCUT2D eigenvalue weighted by atomic mass is 10.2. The van der Waals surface area contributed by atoms with Gasteiger partial charge < -0.3 is 10.5 Å². The van der Waals surface area contributed by atoms with Crippen molar-refractivity contribution in [1.82, 2.24) is 4.98 Å². The zero-order valence-corrected chi connectivity index (χ0v) is 11.0. The third-order valence-electron chi connectivity index (χ3n) is 2.20. The Morgan fingerprint density at radius 3 is 2.67 bits per heavy atom. The van der Waals surface area contributed by atoms with E-state index in [1.165, 1.54) is 11.3 Å². The van der Waals surface area contributed by atoms with Crippen molar-refractivity contribution in [3.8, 4) is 16.3 Å². The molecule has 94 valence electrons. The van der Waals surface area contributed by atoms with Gasteiger partial charge in [-0.15, -0.1) is 22.9 Å². The van der Waals surface area contributed by atoms with Gasteiger partial charge in [0.1, 0.15) is 23.1 Å². The van der Waals surface area contributed by atoms with E-state index < -0.39 is 5.91 Å². The smallest absolute Gasteiger partial charge is 0.268 e. The molecule has 0 aliphatic heterocycles. The maximum absolute atomic E-state index is 11.0. The molecule has 0 radical (unpaired) electrons. The van der Waals surface area contributed by atoms with Gasteiger partial charge in [0, 0.05) is 10.9 Å². The van der Waals surface area contributed by atoms with E-state index in [2.05, 4.69) is 4.98 Å². The first-order valence-corrected chi connectivity index (χ1v) is 6.66. The molecule has 2 rings (SSSR count). The number of aromatic nitrogens is 1. The number of alkyl halides is 1. The Morgan fingerprint density at radius 1 is 1.39 bits per heavy atom. The molecule has 0 bridgehead atoms. The first-order valence-electron chi connectivity index (χ1n) is 5.25. The average Bonchev–Trinajstić information content (AvgIpc) is 2.87. The molecule has 1 heterocycles. The topological polar surface area (TPSA) is 65.2 Å². The Balaban J connectivity index is 2.15. The molecule has 6 heteroatoms. The molecule has 0 atom stereocenters. The molecule has 18 heavy (non-hydrogen) atoms. The van der Waals surface area contributed by atoms with E-state index in [1.807, 2.05) is 24.3 Å².